The van der Waals surface area contributed by atoms with Crippen LogP contribution in [0.3, 0.4) is 0 Å². The molecule has 19 heavy (non-hydrogen) atoms. The lowest BCUT2D eigenvalue weighted by Crippen LogP contribution is -2.13. The Morgan fingerprint density at radius 1 is 1.47 bits per heavy atom. The lowest BCUT2D eigenvalue weighted by atomic mass is 10.2. The SMILES string of the molecule is Cc1nc(SCc2ccccc2Br)sc1CC(N)=O. The molecule has 0 saturated carbocycles. The molecule has 2 rings (SSSR count). The Labute approximate surface area is 128 Å². The molecule has 0 atom stereocenters. The Morgan fingerprint density at radius 2 is 2.21 bits per heavy atom. The molecule has 1 amide bonds. The summed E-state index contributed by atoms with van der Waals surface area (Å²) in [5.74, 6) is 0.541. The summed E-state index contributed by atoms with van der Waals surface area (Å²) >= 11 is 6.75. The second-order valence-corrected chi connectivity index (χ2v) is 7.17. The lowest BCUT2D eigenvalue weighted by molar-refractivity contribution is -0.117. The van der Waals surface area contributed by atoms with Crippen molar-refractivity contribution in [2.24, 2.45) is 5.73 Å². The van der Waals surface area contributed by atoms with Crippen LogP contribution >= 0.6 is 39.0 Å². The first-order valence-electron chi connectivity index (χ1n) is 5.67. The summed E-state index contributed by atoms with van der Waals surface area (Å²) < 4.78 is 2.08. The van der Waals surface area contributed by atoms with Gasteiger partial charge in [-0.3, -0.25) is 4.79 Å². The minimum atomic E-state index is -0.311. The molecule has 0 bridgehead atoms. The molecule has 0 radical (unpaired) electrons. The Bertz CT molecular complexity index is 598. The van der Waals surface area contributed by atoms with Gasteiger partial charge in [-0.15, -0.1) is 11.3 Å². The van der Waals surface area contributed by atoms with E-state index in [4.69, 9.17) is 5.73 Å². The minimum Gasteiger partial charge on any atom is -0.369 e. The van der Waals surface area contributed by atoms with Crippen molar-refractivity contribution < 1.29 is 4.79 Å². The van der Waals surface area contributed by atoms with Gasteiger partial charge in [0.1, 0.15) is 0 Å². The molecule has 0 unspecified atom stereocenters. The molecule has 6 heteroatoms. The number of amides is 1. The van der Waals surface area contributed by atoms with Gasteiger partial charge in [-0.2, -0.15) is 0 Å². The molecule has 0 aliphatic rings. The van der Waals surface area contributed by atoms with Gasteiger partial charge in [-0.05, 0) is 18.6 Å². The number of nitrogens with two attached hydrogens (primary N) is 1. The normalized spacial score (nSPS) is 10.6. The Balaban J connectivity index is 2.04. The smallest absolute Gasteiger partial charge is 0.222 e. The van der Waals surface area contributed by atoms with Crippen LogP contribution in [0.1, 0.15) is 16.1 Å². The highest BCUT2D eigenvalue weighted by Crippen LogP contribution is 2.31. The molecule has 2 aromatic rings. The number of benzene rings is 1. The number of rotatable bonds is 5. The van der Waals surface area contributed by atoms with E-state index >= 15 is 0 Å². The zero-order valence-electron chi connectivity index (χ0n) is 10.4. The van der Waals surface area contributed by atoms with Crippen molar-refractivity contribution in [2.45, 2.75) is 23.4 Å². The van der Waals surface area contributed by atoms with Crippen molar-refractivity contribution in [3.63, 3.8) is 0 Å². The first-order valence-corrected chi connectivity index (χ1v) is 8.26. The largest absolute Gasteiger partial charge is 0.369 e. The molecule has 100 valence electrons. The first kappa shape index (κ1) is 14.6. The number of carbonyl (C=O) groups excluding carboxylic acids is 1. The van der Waals surface area contributed by atoms with Crippen molar-refractivity contribution in [1.29, 1.82) is 0 Å². The summed E-state index contributed by atoms with van der Waals surface area (Å²) in [6, 6.07) is 8.13. The Hall–Kier alpha value is -0.850. The fourth-order valence-corrected chi connectivity index (χ4v) is 4.40. The number of hydrogen-bond donors (Lipinski definition) is 1. The molecular weight excluding hydrogens is 344 g/mol. The summed E-state index contributed by atoms with van der Waals surface area (Å²) in [6.45, 7) is 1.91. The number of halogens is 1. The fourth-order valence-electron chi connectivity index (χ4n) is 1.54. The van der Waals surface area contributed by atoms with E-state index in [1.54, 1.807) is 23.1 Å². The third-order valence-electron chi connectivity index (χ3n) is 2.52. The van der Waals surface area contributed by atoms with Gasteiger partial charge in [-0.25, -0.2) is 4.98 Å². The molecule has 0 aliphatic carbocycles. The van der Waals surface area contributed by atoms with Crippen LogP contribution in [-0.4, -0.2) is 10.9 Å². The molecule has 1 aromatic heterocycles. The predicted molar refractivity (Wildman–Crippen MR) is 83.5 cm³/mol. The lowest BCUT2D eigenvalue weighted by Gasteiger charge is -2.01. The third-order valence-corrected chi connectivity index (χ3v) is 5.64. The van der Waals surface area contributed by atoms with Gasteiger partial charge in [-0.1, -0.05) is 45.9 Å². The maximum absolute atomic E-state index is 10.9. The Morgan fingerprint density at radius 3 is 2.89 bits per heavy atom. The number of aromatic nitrogens is 1. The predicted octanol–water partition coefficient (Wildman–Crippen LogP) is 3.53. The average Bonchev–Trinajstić information content (AvgIpc) is 2.68. The third kappa shape index (κ3) is 4.06. The van der Waals surface area contributed by atoms with Crippen molar-refractivity contribution >= 4 is 44.9 Å². The second-order valence-electron chi connectivity index (χ2n) is 4.01. The Kier molecular flexibility index (Phi) is 5.01. The van der Waals surface area contributed by atoms with E-state index in [9.17, 15) is 4.79 Å². The van der Waals surface area contributed by atoms with E-state index in [0.717, 1.165) is 25.1 Å². The van der Waals surface area contributed by atoms with Crippen molar-refractivity contribution in [1.82, 2.24) is 4.98 Å². The van der Waals surface area contributed by atoms with Gasteiger partial charge in [0.2, 0.25) is 5.91 Å². The van der Waals surface area contributed by atoms with Crippen molar-refractivity contribution in [3.8, 4) is 0 Å². The van der Waals surface area contributed by atoms with E-state index in [1.165, 1.54) is 5.56 Å². The number of primary amides is 1. The maximum atomic E-state index is 10.9. The van der Waals surface area contributed by atoms with Crippen molar-refractivity contribution in [2.75, 3.05) is 0 Å². The molecule has 3 nitrogen and oxygen atoms in total. The summed E-state index contributed by atoms with van der Waals surface area (Å²) in [5, 5.41) is 0. The topological polar surface area (TPSA) is 56.0 Å². The van der Waals surface area contributed by atoms with Crippen LogP contribution in [0.25, 0.3) is 0 Å². The van der Waals surface area contributed by atoms with Crippen molar-refractivity contribution in [3.05, 3.63) is 44.9 Å². The standard InChI is InChI=1S/C13H13BrN2OS2/c1-8-11(6-12(15)17)19-13(16-8)18-7-9-4-2-3-5-10(9)14/h2-5H,6-7H2,1H3,(H2,15,17). The van der Waals surface area contributed by atoms with Gasteiger partial charge >= 0.3 is 0 Å². The monoisotopic (exact) mass is 356 g/mol. The van der Waals surface area contributed by atoms with Gasteiger partial charge in [0.25, 0.3) is 0 Å². The number of aryl methyl sites for hydroxylation is 1. The number of hydrogen-bond acceptors (Lipinski definition) is 4. The molecule has 2 N–H and O–H groups in total. The summed E-state index contributed by atoms with van der Waals surface area (Å²) in [4.78, 5) is 16.4. The van der Waals surface area contributed by atoms with Crippen LogP contribution < -0.4 is 5.73 Å². The van der Waals surface area contributed by atoms with E-state index in [2.05, 4.69) is 27.0 Å². The molecular formula is C13H13BrN2OS2. The van der Waals surface area contributed by atoms with E-state index < -0.39 is 0 Å². The quantitative estimate of drug-likeness (QED) is 0.833. The minimum absolute atomic E-state index is 0.277. The van der Waals surface area contributed by atoms with Crippen LogP contribution in [0, 0.1) is 6.92 Å². The van der Waals surface area contributed by atoms with Crippen LogP contribution in [0.15, 0.2) is 33.1 Å². The number of nitrogens with zero attached hydrogens (tertiary/aromatic N) is 1. The zero-order chi connectivity index (χ0) is 13.8. The number of thiazole rings is 1. The fraction of sp³-hybridized carbons (Fsp3) is 0.231. The summed E-state index contributed by atoms with van der Waals surface area (Å²) in [5.41, 5.74) is 7.35. The van der Waals surface area contributed by atoms with E-state index in [-0.39, 0.29) is 12.3 Å². The molecule has 0 saturated heterocycles. The van der Waals surface area contributed by atoms with Crippen LogP contribution in [0.2, 0.25) is 0 Å². The van der Waals surface area contributed by atoms with E-state index in [1.807, 2.05) is 25.1 Å². The highest BCUT2D eigenvalue weighted by molar-refractivity contribution is 9.10. The number of thioether (sulfide) groups is 1. The molecule has 0 spiro atoms. The molecule has 0 fully saturated rings. The second kappa shape index (κ2) is 6.54. The highest BCUT2D eigenvalue weighted by atomic mass is 79.9. The summed E-state index contributed by atoms with van der Waals surface area (Å²) in [7, 11) is 0. The van der Waals surface area contributed by atoms with Crippen LogP contribution in [0.4, 0.5) is 0 Å². The maximum Gasteiger partial charge on any atom is 0.222 e. The average molecular weight is 357 g/mol. The zero-order valence-corrected chi connectivity index (χ0v) is 13.6. The van der Waals surface area contributed by atoms with Crippen LogP contribution in [-0.2, 0) is 17.0 Å². The molecule has 1 heterocycles. The van der Waals surface area contributed by atoms with Gasteiger partial charge in [0.15, 0.2) is 4.34 Å². The van der Waals surface area contributed by atoms with Gasteiger partial charge < -0.3 is 5.73 Å². The first-order chi connectivity index (χ1) is 9.06. The molecule has 0 aliphatic heterocycles. The number of carbonyl (C=O) groups is 1. The summed E-state index contributed by atoms with van der Waals surface area (Å²) in [6.07, 6.45) is 0.277. The highest BCUT2D eigenvalue weighted by Gasteiger charge is 2.11. The van der Waals surface area contributed by atoms with Crippen LogP contribution in [0.5, 0.6) is 0 Å². The van der Waals surface area contributed by atoms with E-state index in [0.29, 0.717) is 0 Å². The molecule has 1 aromatic carbocycles. The van der Waals surface area contributed by atoms with Gasteiger partial charge in [0, 0.05) is 15.1 Å². The van der Waals surface area contributed by atoms with Gasteiger partial charge in [0.05, 0.1) is 12.1 Å².